The zero-order valence-corrected chi connectivity index (χ0v) is 12.0. The number of rotatable bonds is 4. The van der Waals surface area contributed by atoms with E-state index in [0.717, 1.165) is 44.1 Å². The fourth-order valence-corrected chi connectivity index (χ4v) is 2.90. The number of benzene rings is 1. The first-order valence-electron chi connectivity index (χ1n) is 7.23. The summed E-state index contributed by atoms with van der Waals surface area (Å²) in [4.78, 5) is 2.53. The Kier molecular flexibility index (Phi) is 3.94. The van der Waals surface area contributed by atoms with E-state index in [2.05, 4.69) is 35.9 Å². The van der Waals surface area contributed by atoms with Crippen LogP contribution in [0.2, 0.25) is 0 Å². The van der Waals surface area contributed by atoms with E-state index < -0.39 is 0 Å². The lowest BCUT2D eigenvalue weighted by Crippen LogP contribution is -2.45. The molecule has 0 aromatic heterocycles. The van der Waals surface area contributed by atoms with Gasteiger partial charge in [-0.1, -0.05) is 11.6 Å². The molecular weight excluding hydrogens is 252 g/mol. The molecule has 1 fully saturated rings. The van der Waals surface area contributed by atoms with Crippen LogP contribution in [0.5, 0.6) is 11.5 Å². The van der Waals surface area contributed by atoms with E-state index in [0.29, 0.717) is 12.8 Å². The molecule has 2 aliphatic heterocycles. The summed E-state index contributed by atoms with van der Waals surface area (Å²) in [6.07, 6.45) is 0.986. The van der Waals surface area contributed by atoms with Gasteiger partial charge in [0.05, 0.1) is 0 Å². The maximum atomic E-state index is 5.51. The van der Waals surface area contributed by atoms with Crippen LogP contribution in [0, 0.1) is 0 Å². The molecule has 3 rings (SSSR count). The predicted octanol–water partition coefficient (Wildman–Crippen LogP) is 2.33. The summed E-state index contributed by atoms with van der Waals surface area (Å²) in [5, 5.41) is 3.41. The Morgan fingerprint density at radius 3 is 2.80 bits per heavy atom. The minimum atomic E-state index is 0.331. The fourth-order valence-electron chi connectivity index (χ4n) is 2.90. The van der Waals surface area contributed by atoms with Gasteiger partial charge >= 0.3 is 0 Å². The molecule has 1 aromatic rings. The zero-order chi connectivity index (χ0) is 13.9. The van der Waals surface area contributed by atoms with Crippen molar-refractivity contribution < 1.29 is 9.47 Å². The van der Waals surface area contributed by atoms with Crippen LogP contribution in [0.4, 0.5) is 0 Å². The normalized spacial score (nSPS) is 19.9. The molecule has 4 nitrogen and oxygen atoms in total. The molecule has 0 bridgehead atoms. The van der Waals surface area contributed by atoms with Crippen molar-refractivity contribution in [2.75, 3.05) is 33.0 Å². The van der Waals surface area contributed by atoms with E-state index in [1.165, 1.54) is 11.1 Å². The number of hydrogen-bond donors (Lipinski definition) is 1. The van der Waals surface area contributed by atoms with Gasteiger partial charge in [-0.15, -0.1) is 6.58 Å². The third-order valence-corrected chi connectivity index (χ3v) is 3.92. The molecule has 1 saturated heterocycles. The highest BCUT2D eigenvalue weighted by atomic mass is 16.7. The molecule has 0 saturated carbocycles. The number of hydrogen-bond acceptors (Lipinski definition) is 4. The second-order valence-corrected chi connectivity index (χ2v) is 5.58. The Hall–Kier alpha value is -1.52. The van der Waals surface area contributed by atoms with Crippen LogP contribution < -0.4 is 14.8 Å². The van der Waals surface area contributed by atoms with Gasteiger partial charge in [-0.25, -0.2) is 0 Å². The van der Waals surface area contributed by atoms with Gasteiger partial charge in [0.25, 0.3) is 0 Å². The zero-order valence-electron chi connectivity index (χ0n) is 12.0. The highest BCUT2D eigenvalue weighted by molar-refractivity contribution is 5.45. The second-order valence-electron chi connectivity index (χ2n) is 5.58. The van der Waals surface area contributed by atoms with Crippen LogP contribution in [0.3, 0.4) is 0 Å². The van der Waals surface area contributed by atoms with E-state index in [4.69, 9.17) is 9.47 Å². The van der Waals surface area contributed by atoms with Gasteiger partial charge in [0.15, 0.2) is 11.5 Å². The summed E-state index contributed by atoms with van der Waals surface area (Å²) in [6, 6.07) is 6.68. The smallest absolute Gasteiger partial charge is 0.231 e. The molecule has 2 aliphatic rings. The van der Waals surface area contributed by atoms with Crippen LogP contribution in [0.15, 0.2) is 30.4 Å². The molecule has 1 atom stereocenters. The van der Waals surface area contributed by atoms with Gasteiger partial charge in [-0.05, 0) is 31.0 Å². The topological polar surface area (TPSA) is 33.7 Å². The lowest BCUT2D eigenvalue weighted by Gasteiger charge is -2.35. The van der Waals surface area contributed by atoms with Crippen LogP contribution in [0.25, 0.3) is 0 Å². The van der Waals surface area contributed by atoms with Crippen molar-refractivity contribution in [2.24, 2.45) is 0 Å². The van der Waals surface area contributed by atoms with E-state index in [-0.39, 0.29) is 0 Å². The Bertz CT molecular complexity index is 495. The number of ether oxygens (including phenoxy) is 2. The highest BCUT2D eigenvalue weighted by Crippen LogP contribution is 2.37. The number of nitrogens with zero attached hydrogens (tertiary/aromatic N) is 1. The Balaban J connectivity index is 1.85. The van der Waals surface area contributed by atoms with Crippen LogP contribution in [0.1, 0.15) is 24.9 Å². The van der Waals surface area contributed by atoms with Crippen molar-refractivity contribution in [3.8, 4) is 11.5 Å². The maximum absolute atomic E-state index is 5.51. The Labute approximate surface area is 120 Å². The monoisotopic (exact) mass is 274 g/mol. The first-order valence-corrected chi connectivity index (χ1v) is 7.23. The van der Waals surface area contributed by atoms with Crippen molar-refractivity contribution >= 4 is 0 Å². The predicted molar refractivity (Wildman–Crippen MR) is 79.2 cm³/mol. The standard InChI is InChI=1S/C16H22N2O2/c1-12(2)9-14(18-7-5-17-6-8-18)13-3-4-15-16(10-13)20-11-19-15/h3-4,10,14,17H,1,5-9,11H2,2H3/t14-/m1/s1. The molecule has 0 unspecified atom stereocenters. The minimum Gasteiger partial charge on any atom is -0.454 e. The molecule has 108 valence electrons. The third-order valence-electron chi connectivity index (χ3n) is 3.92. The Morgan fingerprint density at radius 1 is 1.30 bits per heavy atom. The molecule has 0 radical (unpaired) electrons. The van der Waals surface area contributed by atoms with Gasteiger partial charge in [0.2, 0.25) is 6.79 Å². The van der Waals surface area contributed by atoms with Crippen LogP contribution in [-0.4, -0.2) is 37.9 Å². The molecule has 1 aromatic carbocycles. The summed E-state index contributed by atoms with van der Waals surface area (Å²) in [5.74, 6) is 1.72. The highest BCUT2D eigenvalue weighted by Gasteiger charge is 2.24. The largest absolute Gasteiger partial charge is 0.454 e. The summed E-state index contributed by atoms with van der Waals surface area (Å²) in [6.45, 7) is 10.8. The number of nitrogens with one attached hydrogen (secondary N) is 1. The van der Waals surface area contributed by atoms with Crippen LogP contribution in [-0.2, 0) is 0 Å². The van der Waals surface area contributed by atoms with Gasteiger partial charge in [-0.3, -0.25) is 4.90 Å². The summed E-state index contributed by atoms with van der Waals surface area (Å²) in [7, 11) is 0. The van der Waals surface area contributed by atoms with Crippen LogP contribution >= 0.6 is 0 Å². The molecule has 1 N–H and O–H groups in total. The SMILES string of the molecule is C=C(C)C[C@H](c1ccc2c(c1)OCO2)N1CCNCC1. The van der Waals surface area contributed by atoms with Crippen molar-refractivity contribution in [2.45, 2.75) is 19.4 Å². The average Bonchev–Trinajstić information content (AvgIpc) is 2.93. The van der Waals surface area contributed by atoms with E-state index in [9.17, 15) is 0 Å². The van der Waals surface area contributed by atoms with Gasteiger partial charge < -0.3 is 14.8 Å². The van der Waals surface area contributed by atoms with Crippen molar-refractivity contribution in [1.29, 1.82) is 0 Å². The minimum absolute atomic E-state index is 0.331. The van der Waals surface area contributed by atoms with Gasteiger partial charge in [0.1, 0.15) is 0 Å². The molecule has 20 heavy (non-hydrogen) atoms. The van der Waals surface area contributed by atoms with E-state index in [1.807, 2.05) is 6.07 Å². The number of fused-ring (bicyclic) bond motifs is 1. The summed E-state index contributed by atoms with van der Waals surface area (Å²) < 4.78 is 10.9. The molecule has 0 spiro atoms. The first-order chi connectivity index (χ1) is 9.74. The lowest BCUT2D eigenvalue weighted by atomic mass is 9.97. The Morgan fingerprint density at radius 2 is 2.05 bits per heavy atom. The van der Waals surface area contributed by atoms with E-state index in [1.54, 1.807) is 0 Å². The summed E-state index contributed by atoms with van der Waals surface area (Å²) >= 11 is 0. The van der Waals surface area contributed by atoms with E-state index >= 15 is 0 Å². The fraction of sp³-hybridized carbons (Fsp3) is 0.500. The van der Waals surface area contributed by atoms with Gasteiger partial charge in [0, 0.05) is 32.2 Å². The number of piperazine rings is 1. The maximum Gasteiger partial charge on any atom is 0.231 e. The second kappa shape index (κ2) is 5.85. The lowest BCUT2D eigenvalue weighted by molar-refractivity contribution is 0.170. The third kappa shape index (κ3) is 2.81. The van der Waals surface area contributed by atoms with Crippen molar-refractivity contribution in [3.05, 3.63) is 35.9 Å². The summed E-state index contributed by atoms with van der Waals surface area (Å²) in [5.41, 5.74) is 2.50. The molecule has 4 heteroatoms. The molecule has 0 amide bonds. The van der Waals surface area contributed by atoms with Gasteiger partial charge in [-0.2, -0.15) is 0 Å². The van der Waals surface area contributed by atoms with Crippen molar-refractivity contribution in [1.82, 2.24) is 10.2 Å². The average molecular weight is 274 g/mol. The molecular formula is C16H22N2O2. The quantitative estimate of drug-likeness (QED) is 0.854. The molecule has 2 heterocycles. The first kappa shape index (κ1) is 13.5. The molecule has 0 aliphatic carbocycles. The van der Waals surface area contributed by atoms with Crippen molar-refractivity contribution in [3.63, 3.8) is 0 Å².